The van der Waals surface area contributed by atoms with Crippen molar-refractivity contribution in [1.29, 1.82) is 0 Å². The van der Waals surface area contributed by atoms with Crippen molar-refractivity contribution in [2.45, 2.75) is 51.2 Å². The van der Waals surface area contributed by atoms with Gasteiger partial charge in [0, 0.05) is 13.1 Å². The molecule has 1 saturated carbocycles. The Hall–Kier alpha value is -2.09. The van der Waals surface area contributed by atoms with Gasteiger partial charge >= 0.3 is 18.1 Å². The fourth-order valence-corrected chi connectivity index (χ4v) is 2.91. The lowest BCUT2D eigenvalue weighted by Gasteiger charge is -2.21. The number of carbonyl (C=O) groups excluding carboxylic acids is 2. The fourth-order valence-electron chi connectivity index (χ4n) is 2.91. The van der Waals surface area contributed by atoms with Crippen LogP contribution in [0.1, 0.15) is 44.1 Å². The maximum absolute atomic E-state index is 12.0. The number of halogens is 3. The number of hydrogen-bond donors (Lipinski definition) is 1. The molecule has 0 bridgehead atoms. The lowest BCUT2D eigenvalue weighted by molar-refractivity contribution is -0.201. The van der Waals surface area contributed by atoms with E-state index in [2.05, 4.69) is 10.1 Å². The molecule has 1 aromatic rings. The first-order valence-corrected chi connectivity index (χ1v) is 9.09. The molecular weight excluding hydrogens is 363 g/mol. The van der Waals surface area contributed by atoms with Gasteiger partial charge in [-0.1, -0.05) is 31.4 Å². The number of esters is 2. The van der Waals surface area contributed by atoms with E-state index >= 15 is 0 Å². The largest absolute Gasteiger partial charge is 0.493 e. The second-order valence-corrected chi connectivity index (χ2v) is 6.65. The van der Waals surface area contributed by atoms with Crippen molar-refractivity contribution in [3.63, 3.8) is 0 Å². The third-order valence-corrected chi connectivity index (χ3v) is 4.41. The molecule has 2 rings (SSSR count). The molecule has 0 aromatic heterocycles. The first-order chi connectivity index (χ1) is 12.8. The normalized spacial score (nSPS) is 15.4. The predicted octanol–water partition coefficient (Wildman–Crippen LogP) is 3.76. The summed E-state index contributed by atoms with van der Waals surface area (Å²) in [7, 11) is 0. The Morgan fingerprint density at radius 3 is 2.37 bits per heavy atom. The van der Waals surface area contributed by atoms with Crippen molar-refractivity contribution in [2.24, 2.45) is 5.92 Å². The summed E-state index contributed by atoms with van der Waals surface area (Å²) in [4.78, 5) is 21.7. The van der Waals surface area contributed by atoms with Gasteiger partial charge in [0.1, 0.15) is 5.75 Å². The van der Waals surface area contributed by atoms with Crippen LogP contribution in [0.4, 0.5) is 13.2 Å². The molecule has 0 saturated heterocycles. The van der Waals surface area contributed by atoms with E-state index in [1.54, 1.807) is 0 Å². The number of rotatable bonds is 8. The van der Waals surface area contributed by atoms with Gasteiger partial charge in [-0.3, -0.25) is 4.79 Å². The second-order valence-electron chi connectivity index (χ2n) is 6.65. The maximum Gasteiger partial charge on any atom is 0.491 e. The molecule has 0 amide bonds. The van der Waals surface area contributed by atoms with Gasteiger partial charge in [0.25, 0.3) is 0 Å². The van der Waals surface area contributed by atoms with Gasteiger partial charge in [-0.15, -0.1) is 0 Å². The molecule has 5 nitrogen and oxygen atoms in total. The summed E-state index contributed by atoms with van der Waals surface area (Å²) in [6.07, 6.45) is 0.813. The molecule has 1 fully saturated rings. The van der Waals surface area contributed by atoms with Crippen LogP contribution in [0.15, 0.2) is 24.3 Å². The monoisotopic (exact) mass is 387 g/mol. The lowest BCUT2D eigenvalue weighted by atomic mass is 9.90. The van der Waals surface area contributed by atoms with E-state index in [-0.39, 0.29) is 13.0 Å². The van der Waals surface area contributed by atoms with Crippen molar-refractivity contribution < 1.29 is 32.2 Å². The Labute approximate surface area is 156 Å². The van der Waals surface area contributed by atoms with Crippen LogP contribution in [-0.2, 0) is 20.9 Å². The van der Waals surface area contributed by atoms with Crippen LogP contribution in [0.3, 0.4) is 0 Å². The number of carbonyl (C=O) groups is 2. The molecule has 8 heteroatoms. The minimum atomic E-state index is -5.16. The first-order valence-electron chi connectivity index (χ1n) is 9.09. The predicted molar refractivity (Wildman–Crippen MR) is 92.0 cm³/mol. The van der Waals surface area contributed by atoms with Crippen molar-refractivity contribution >= 4 is 11.9 Å². The van der Waals surface area contributed by atoms with Gasteiger partial charge in [-0.25, -0.2) is 4.79 Å². The molecule has 0 radical (unpaired) electrons. The minimum Gasteiger partial charge on any atom is -0.493 e. The van der Waals surface area contributed by atoms with Gasteiger partial charge in [0.15, 0.2) is 0 Å². The summed E-state index contributed by atoms with van der Waals surface area (Å²) in [6.45, 7) is 1.27. The Bertz CT molecular complexity index is 610. The van der Waals surface area contributed by atoms with Crippen molar-refractivity contribution in [1.82, 2.24) is 5.32 Å². The molecule has 27 heavy (non-hydrogen) atoms. The summed E-state index contributed by atoms with van der Waals surface area (Å²) >= 11 is 0. The van der Waals surface area contributed by atoms with Gasteiger partial charge in [0.05, 0.1) is 13.0 Å². The van der Waals surface area contributed by atoms with E-state index < -0.39 is 18.1 Å². The van der Waals surface area contributed by atoms with Crippen molar-refractivity contribution in [3.8, 4) is 5.75 Å². The summed E-state index contributed by atoms with van der Waals surface area (Å²) < 4.78 is 45.4. The van der Waals surface area contributed by atoms with Crippen LogP contribution in [0.2, 0.25) is 0 Å². The van der Waals surface area contributed by atoms with Crippen LogP contribution < -0.4 is 10.1 Å². The topological polar surface area (TPSA) is 64.6 Å². The summed E-state index contributed by atoms with van der Waals surface area (Å²) in [6, 6.07) is 7.51. The SMILES string of the molecule is O=C(CCNCc1ccc(OCC2CCCCC2)cc1)OC(=O)C(F)(F)F. The van der Waals surface area contributed by atoms with E-state index in [4.69, 9.17) is 4.74 Å². The Kier molecular flexibility index (Phi) is 8.09. The number of nitrogens with one attached hydrogen (secondary N) is 1. The molecule has 1 aliphatic rings. The average molecular weight is 387 g/mol. The average Bonchev–Trinajstić information content (AvgIpc) is 2.64. The third-order valence-electron chi connectivity index (χ3n) is 4.41. The standard InChI is InChI=1S/C19H24F3NO4/c20-19(21,22)18(25)27-17(24)10-11-23-12-14-6-8-16(9-7-14)26-13-15-4-2-1-3-5-15/h6-9,15,23H,1-5,10-13H2. The van der Waals surface area contributed by atoms with E-state index in [1.165, 1.54) is 32.1 Å². The number of ether oxygens (including phenoxy) is 2. The van der Waals surface area contributed by atoms with Crippen LogP contribution in [-0.4, -0.2) is 31.3 Å². The molecule has 1 aliphatic carbocycles. The quantitative estimate of drug-likeness (QED) is 0.418. The van der Waals surface area contributed by atoms with E-state index in [0.29, 0.717) is 12.5 Å². The van der Waals surface area contributed by atoms with E-state index in [1.807, 2.05) is 24.3 Å². The van der Waals surface area contributed by atoms with Gasteiger partial charge in [-0.05, 0) is 36.5 Å². The summed E-state index contributed by atoms with van der Waals surface area (Å²) in [5.74, 6) is -2.27. The molecule has 0 aliphatic heterocycles. The zero-order valence-corrected chi connectivity index (χ0v) is 15.0. The van der Waals surface area contributed by atoms with Crippen LogP contribution in [0.25, 0.3) is 0 Å². The highest BCUT2D eigenvalue weighted by Crippen LogP contribution is 2.24. The molecule has 0 atom stereocenters. The van der Waals surface area contributed by atoms with Crippen LogP contribution in [0, 0.1) is 5.92 Å². The molecule has 0 spiro atoms. The molecule has 1 N–H and O–H groups in total. The minimum absolute atomic E-state index is 0.101. The first kappa shape index (κ1) is 21.2. The third kappa shape index (κ3) is 7.99. The molecular formula is C19H24F3NO4. The zero-order valence-electron chi connectivity index (χ0n) is 15.0. The highest BCUT2D eigenvalue weighted by Gasteiger charge is 2.42. The van der Waals surface area contributed by atoms with E-state index in [0.717, 1.165) is 17.9 Å². The summed E-state index contributed by atoms with van der Waals surface area (Å²) in [5, 5.41) is 2.91. The summed E-state index contributed by atoms with van der Waals surface area (Å²) in [5.41, 5.74) is 0.944. The molecule has 150 valence electrons. The smallest absolute Gasteiger partial charge is 0.491 e. The van der Waals surface area contributed by atoms with Crippen molar-refractivity contribution in [3.05, 3.63) is 29.8 Å². The zero-order chi connectivity index (χ0) is 19.7. The van der Waals surface area contributed by atoms with Gasteiger partial charge in [-0.2, -0.15) is 13.2 Å². The number of alkyl halides is 3. The fraction of sp³-hybridized carbons (Fsp3) is 0.579. The molecule has 0 heterocycles. The Morgan fingerprint density at radius 1 is 1.07 bits per heavy atom. The Morgan fingerprint density at radius 2 is 1.74 bits per heavy atom. The highest BCUT2D eigenvalue weighted by molar-refractivity contribution is 5.88. The lowest BCUT2D eigenvalue weighted by Crippen LogP contribution is -2.29. The molecule has 0 unspecified atom stereocenters. The second kappa shape index (κ2) is 10.3. The highest BCUT2D eigenvalue weighted by atomic mass is 19.4. The van der Waals surface area contributed by atoms with Crippen LogP contribution >= 0.6 is 0 Å². The molecule has 1 aromatic carbocycles. The van der Waals surface area contributed by atoms with Crippen molar-refractivity contribution in [2.75, 3.05) is 13.2 Å². The number of hydrogen-bond acceptors (Lipinski definition) is 5. The van der Waals surface area contributed by atoms with Crippen LogP contribution in [0.5, 0.6) is 5.75 Å². The van der Waals surface area contributed by atoms with E-state index in [9.17, 15) is 22.8 Å². The number of benzene rings is 1. The maximum atomic E-state index is 12.0. The van der Waals surface area contributed by atoms with Gasteiger partial charge < -0.3 is 14.8 Å². The Balaban J connectivity index is 1.62. The van der Waals surface area contributed by atoms with Gasteiger partial charge in [0.2, 0.25) is 0 Å².